The van der Waals surface area contributed by atoms with E-state index in [1.165, 1.54) is 0 Å². The maximum atomic E-state index is 12.0. The third kappa shape index (κ3) is 2.59. The predicted octanol–water partition coefficient (Wildman–Crippen LogP) is 1.96. The van der Waals surface area contributed by atoms with Crippen LogP contribution >= 0.6 is 11.6 Å². The summed E-state index contributed by atoms with van der Waals surface area (Å²) in [6, 6.07) is 0. The van der Waals surface area contributed by atoms with Crippen molar-refractivity contribution in [2.45, 2.75) is 33.6 Å². The van der Waals surface area contributed by atoms with Gasteiger partial charge in [0.2, 0.25) is 5.91 Å². The van der Waals surface area contributed by atoms with E-state index in [9.17, 15) is 4.79 Å². The van der Waals surface area contributed by atoms with Gasteiger partial charge in [0.15, 0.2) is 0 Å². The van der Waals surface area contributed by atoms with E-state index < -0.39 is 0 Å². The van der Waals surface area contributed by atoms with Crippen molar-refractivity contribution in [3.63, 3.8) is 0 Å². The van der Waals surface area contributed by atoms with Crippen LogP contribution in [-0.4, -0.2) is 36.0 Å². The number of aromatic nitrogens is 2. The number of aryl methyl sites for hydroxylation is 1. The summed E-state index contributed by atoms with van der Waals surface area (Å²) in [6.45, 7) is 7.38. The average Bonchev–Trinajstić information content (AvgIpc) is 2.84. The van der Waals surface area contributed by atoms with E-state index in [4.69, 9.17) is 11.6 Å². The summed E-state index contributed by atoms with van der Waals surface area (Å²) in [5.74, 6) is 1.67. The number of nitrogens with one attached hydrogen (secondary N) is 1. The number of nitrogens with zero attached hydrogens (tertiary/aromatic N) is 3. The van der Waals surface area contributed by atoms with Gasteiger partial charge in [0, 0.05) is 32.1 Å². The summed E-state index contributed by atoms with van der Waals surface area (Å²) >= 11 is 6.18. The first-order valence-electron chi connectivity index (χ1n) is 6.91. The second-order valence-electron chi connectivity index (χ2n) is 5.54. The molecule has 0 aromatic carbocycles. The van der Waals surface area contributed by atoms with E-state index in [-0.39, 0.29) is 11.3 Å². The molecule has 0 aliphatic carbocycles. The Morgan fingerprint density at radius 2 is 2.20 bits per heavy atom. The summed E-state index contributed by atoms with van der Waals surface area (Å²) in [5.41, 5.74) is 0.510. The van der Waals surface area contributed by atoms with Crippen LogP contribution in [0.2, 0.25) is 5.15 Å². The molecule has 1 aromatic rings. The van der Waals surface area contributed by atoms with Crippen molar-refractivity contribution >= 4 is 23.3 Å². The van der Waals surface area contributed by atoms with Gasteiger partial charge in [-0.1, -0.05) is 18.5 Å². The fourth-order valence-corrected chi connectivity index (χ4v) is 2.80. The normalized spacial score (nSPS) is 22.1. The van der Waals surface area contributed by atoms with Gasteiger partial charge in [-0.25, -0.2) is 9.97 Å². The molecule has 1 fully saturated rings. The minimum absolute atomic E-state index is 0.0773. The first kappa shape index (κ1) is 15.0. The van der Waals surface area contributed by atoms with Crippen LogP contribution < -0.4 is 10.2 Å². The van der Waals surface area contributed by atoms with Crippen LogP contribution in [0.3, 0.4) is 0 Å². The zero-order chi connectivity index (χ0) is 14.9. The van der Waals surface area contributed by atoms with E-state index in [2.05, 4.69) is 20.2 Å². The lowest BCUT2D eigenvalue weighted by molar-refractivity contribution is -0.128. The topological polar surface area (TPSA) is 58.1 Å². The first-order chi connectivity index (χ1) is 9.41. The highest BCUT2D eigenvalue weighted by Gasteiger charge is 2.40. The number of carbonyl (C=O) groups is 1. The van der Waals surface area contributed by atoms with E-state index in [0.29, 0.717) is 11.7 Å². The predicted molar refractivity (Wildman–Crippen MR) is 80.2 cm³/mol. The molecule has 1 unspecified atom stereocenters. The molecule has 20 heavy (non-hydrogen) atoms. The SMILES string of the molecule is CCc1nc(Cl)c(C)c(N2CCC(C)(C(=O)NC)C2)n1. The smallest absolute Gasteiger partial charge is 0.227 e. The fraction of sp³-hybridized carbons (Fsp3) is 0.643. The zero-order valence-corrected chi connectivity index (χ0v) is 13.2. The molecule has 1 amide bonds. The zero-order valence-electron chi connectivity index (χ0n) is 12.5. The Labute approximate surface area is 124 Å². The number of anilines is 1. The van der Waals surface area contributed by atoms with E-state index in [1.54, 1.807) is 7.05 Å². The number of halogens is 1. The maximum absolute atomic E-state index is 12.0. The summed E-state index contributed by atoms with van der Waals surface area (Å²) < 4.78 is 0. The molecule has 2 heterocycles. The standard InChI is InChI=1S/C14H21ClN4O/c1-5-10-17-11(15)9(2)12(18-10)19-7-6-14(3,8-19)13(20)16-4/h5-8H2,1-4H3,(H,16,20). The highest BCUT2D eigenvalue weighted by Crippen LogP contribution is 2.35. The summed E-state index contributed by atoms with van der Waals surface area (Å²) in [6.07, 6.45) is 1.56. The molecule has 1 saturated heterocycles. The van der Waals surface area contributed by atoms with Gasteiger partial charge in [-0.3, -0.25) is 4.79 Å². The van der Waals surface area contributed by atoms with Crippen molar-refractivity contribution in [2.24, 2.45) is 5.41 Å². The lowest BCUT2D eigenvalue weighted by Crippen LogP contribution is -2.39. The molecule has 1 aliphatic heterocycles. The summed E-state index contributed by atoms with van der Waals surface area (Å²) in [7, 11) is 1.68. The Balaban J connectivity index is 2.30. The van der Waals surface area contributed by atoms with Gasteiger partial charge in [0.05, 0.1) is 5.41 Å². The molecule has 1 aromatic heterocycles. The average molecular weight is 297 g/mol. The lowest BCUT2D eigenvalue weighted by Gasteiger charge is -2.24. The third-order valence-electron chi connectivity index (χ3n) is 3.97. The number of amides is 1. The van der Waals surface area contributed by atoms with Crippen LogP contribution in [0.1, 0.15) is 31.7 Å². The number of hydrogen-bond donors (Lipinski definition) is 1. The minimum atomic E-state index is -0.370. The van der Waals surface area contributed by atoms with E-state index in [0.717, 1.165) is 36.6 Å². The molecule has 1 aliphatic rings. The molecule has 1 N–H and O–H groups in total. The van der Waals surface area contributed by atoms with E-state index in [1.807, 2.05) is 20.8 Å². The van der Waals surface area contributed by atoms with E-state index >= 15 is 0 Å². The number of hydrogen-bond acceptors (Lipinski definition) is 4. The highest BCUT2D eigenvalue weighted by atomic mass is 35.5. The van der Waals surface area contributed by atoms with Crippen LogP contribution in [0.15, 0.2) is 0 Å². The Kier molecular flexibility index (Phi) is 4.18. The molecular weight excluding hydrogens is 276 g/mol. The second kappa shape index (κ2) is 5.56. The monoisotopic (exact) mass is 296 g/mol. The summed E-state index contributed by atoms with van der Waals surface area (Å²) in [5, 5.41) is 3.24. The van der Waals surface area contributed by atoms with Gasteiger partial charge >= 0.3 is 0 Å². The minimum Gasteiger partial charge on any atom is -0.359 e. The van der Waals surface area contributed by atoms with Gasteiger partial charge in [0.1, 0.15) is 16.8 Å². The Hall–Kier alpha value is -1.36. The van der Waals surface area contributed by atoms with Gasteiger partial charge in [-0.05, 0) is 20.3 Å². The molecule has 110 valence electrons. The third-order valence-corrected chi connectivity index (χ3v) is 4.34. The molecule has 2 rings (SSSR count). The van der Waals surface area contributed by atoms with Crippen molar-refractivity contribution in [1.82, 2.24) is 15.3 Å². The van der Waals surface area contributed by atoms with Crippen LogP contribution in [0.4, 0.5) is 5.82 Å². The molecule has 6 heteroatoms. The Bertz CT molecular complexity index is 534. The van der Waals surface area contributed by atoms with Crippen molar-refractivity contribution < 1.29 is 4.79 Å². The highest BCUT2D eigenvalue weighted by molar-refractivity contribution is 6.30. The van der Waals surface area contributed by atoms with Crippen LogP contribution in [0, 0.1) is 12.3 Å². The largest absolute Gasteiger partial charge is 0.359 e. The molecular formula is C14H21ClN4O. The lowest BCUT2D eigenvalue weighted by atomic mass is 9.89. The fourth-order valence-electron chi connectivity index (χ4n) is 2.62. The van der Waals surface area contributed by atoms with Gasteiger partial charge in [0.25, 0.3) is 0 Å². The summed E-state index contributed by atoms with van der Waals surface area (Å²) in [4.78, 5) is 23.0. The first-order valence-corrected chi connectivity index (χ1v) is 7.29. The maximum Gasteiger partial charge on any atom is 0.227 e. The number of carbonyl (C=O) groups excluding carboxylic acids is 1. The number of rotatable bonds is 3. The van der Waals surface area contributed by atoms with Crippen LogP contribution in [0.5, 0.6) is 0 Å². The van der Waals surface area contributed by atoms with Gasteiger partial charge < -0.3 is 10.2 Å². The van der Waals surface area contributed by atoms with Gasteiger partial charge in [-0.2, -0.15) is 0 Å². The quantitative estimate of drug-likeness (QED) is 0.866. The molecule has 1 atom stereocenters. The van der Waals surface area contributed by atoms with Gasteiger partial charge in [-0.15, -0.1) is 0 Å². The Morgan fingerprint density at radius 1 is 1.50 bits per heavy atom. The van der Waals surface area contributed by atoms with Crippen molar-refractivity contribution in [2.75, 3.05) is 25.0 Å². The molecule has 0 saturated carbocycles. The molecule has 0 radical (unpaired) electrons. The van der Waals surface area contributed by atoms with Crippen molar-refractivity contribution in [1.29, 1.82) is 0 Å². The van der Waals surface area contributed by atoms with Crippen LogP contribution in [0.25, 0.3) is 0 Å². The molecule has 5 nitrogen and oxygen atoms in total. The molecule has 0 spiro atoms. The second-order valence-corrected chi connectivity index (χ2v) is 5.90. The van der Waals surface area contributed by atoms with Crippen molar-refractivity contribution in [3.8, 4) is 0 Å². The van der Waals surface area contributed by atoms with Crippen molar-refractivity contribution in [3.05, 3.63) is 16.5 Å². The molecule has 0 bridgehead atoms. The Morgan fingerprint density at radius 3 is 2.80 bits per heavy atom. The van der Waals surface area contributed by atoms with Crippen LogP contribution in [-0.2, 0) is 11.2 Å².